The van der Waals surface area contributed by atoms with Gasteiger partial charge in [0.1, 0.15) is 11.6 Å². The van der Waals surface area contributed by atoms with Gasteiger partial charge < -0.3 is 20.9 Å². The van der Waals surface area contributed by atoms with Crippen LogP contribution in [0.5, 0.6) is 0 Å². The van der Waals surface area contributed by atoms with E-state index in [4.69, 9.17) is 23.2 Å². The summed E-state index contributed by atoms with van der Waals surface area (Å²) in [6.07, 6.45) is 5.46. The largest absolute Gasteiger partial charge is 0.355 e. The first-order valence-corrected chi connectivity index (χ1v) is 11.6. The third-order valence-electron chi connectivity index (χ3n) is 5.50. The summed E-state index contributed by atoms with van der Waals surface area (Å²) in [6.45, 7) is 1.48. The van der Waals surface area contributed by atoms with Gasteiger partial charge >= 0.3 is 0 Å². The van der Waals surface area contributed by atoms with E-state index < -0.39 is 11.8 Å². The fraction of sp³-hybridized carbons (Fsp3) is 0.208. The Morgan fingerprint density at radius 2 is 1.80 bits per heavy atom. The summed E-state index contributed by atoms with van der Waals surface area (Å²) in [4.78, 5) is 47.0. The second kappa shape index (κ2) is 11.2. The van der Waals surface area contributed by atoms with E-state index in [1.54, 1.807) is 36.4 Å². The van der Waals surface area contributed by atoms with Crippen LogP contribution >= 0.6 is 23.2 Å². The third kappa shape index (κ3) is 6.26. The molecule has 0 saturated carbocycles. The van der Waals surface area contributed by atoms with Crippen LogP contribution in [0.1, 0.15) is 33.6 Å². The van der Waals surface area contributed by atoms with Gasteiger partial charge in [-0.3, -0.25) is 14.4 Å². The number of nitrogens with one attached hydrogen (secondary N) is 3. The van der Waals surface area contributed by atoms with E-state index >= 15 is 0 Å². The number of nitrogens with zero attached hydrogens (tertiary/aromatic N) is 3. The highest BCUT2D eigenvalue weighted by molar-refractivity contribution is 6.31. The van der Waals surface area contributed by atoms with Crippen molar-refractivity contribution in [2.24, 2.45) is 0 Å². The van der Waals surface area contributed by atoms with Gasteiger partial charge in [0.2, 0.25) is 6.41 Å². The van der Waals surface area contributed by atoms with Gasteiger partial charge in [-0.05, 0) is 55.3 Å². The Labute approximate surface area is 211 Å². The minimum atomic E-state index is -0.491. The fourth-order valence-corrected chi connectivity index (χ4v) is 4.05. The molecule has 1 aliphatic heterocycles. The molecule has 1 aliphatic rings. The summed E-state index contributed by atoms with van der Waals surface area (Å²) in [7, 11) is 0. The number of piperidine rings is 1. The average Bonchev–Trinajstić information content (AvgIpc) is 2.87. The molecule has 180 valence electrons. The number of hydrogen-bond donors (Lipinski definition) is 3. The Morgan fingerprint density at radius 3 is 2.51 bits per heavy atom. The van der Waals surface area contributed by atoms with Crippen LogP contribution in [-0.2, 0) is 4.79 Å². The summed E-state index contributed by atoms with van der Waals surface area (Å²) in [5, 5.41) is 9.00. The summed E-state index contributed by atoms with van der Waals surface area (Å²) >= 11 is 11.9. The van der Waals surface area contributed by atoms with Crippen LogP contribution in [0, 0.1) is 0 Å². The van der Waals surface area contributed by atoms with Crippen LogP contribution in [-0.4, -0.2) is 47.3 Å². The molecular weight excluding hydrogens is 491 g/mol. The Hall–Kier alpha value is -3.69. The van der Waals surface area contributed by atoms with Crippen LogP contribution in [0.2, 0.25) is 10.0 Å². The fourth-order valence-electron chi connectivity index (χ4n) is 3.77. The molecule has 0 spiro atoms. The third-order valence-corrected chi connectivity index (χ3v) is 5.96. The van der Waals surface area contributed by atoms with Crippen molar-refractivity contribution in [1.29, 1.82) is 0 Å². The molecule has 1 saturated heterocycles. The lowest BCUT2D eigenvalue weighted by Gasteiger charge is -2.33. The highest BCUT2D eigenvalue weighted by atomic mass is 35.5. The molecule has 0 aliphatic carbocycles. The Bertz CT molecular complexity index is 1220. The molecule has 1 fully saturated rings. The second-order valence-corrected chi connectivity index (χ2v) is 8.81. The van der Waals surface area contributed by atoms with E-state index in [0.29, 0.717) is 34.4 Å². The number of pyridine rings is 2. The monoisotopic (exact) mass is 512 g/mol. The van der Waals surface area contributed by atoms with Crippen LogP contribution in [0.15, 0.2) is 54.9 Å². The van der Waals surface area contributed by atoms with Crippen LogP contribution in [0.4, 0.5) is 17.3 Å². The molecule has 0 bridgehead atoms. The molecule has 35 heavy (non-hydrogen) atoms. The number of carbonyl (C=O) groups excluding carboxylic acids is 3. The molecule has 2 aromatic heterocycles. The van der Waals surface area contributed by atoms with Crippen molar-refractivity contribution in [3.63, 3.8) is 0 Å². The van der Waals surface area contributed by atoms with E-state index in [2.05, 4.69) is 30.8 Å². The molecule has 3 N–H and O–H groups in total. The van der Waals surface area contributed by atoms with Crippen LogP contribution in [0.25, 0.3) is 0 Å². The second-order valence-electron chi connectivity index (χ2n) is 7.93. The summed E-state index contributed by atoms with van der Waals surface area (Å²) in [5.74, 6) is 0.111. The number of hydrogen-bond acceptors (Lipinski definition) is 6. The van der Waals surface area contributed by atoms with E-state index in [1.807, 2.05) is 0 Å². The number of rotatable bonds is 7. The van der Waals surface area contributed by atoms with Crippen molar-refractivity contribution in [2.45, 2.75) is 18.9 Å². The zero-order valence-electron chi connectivity index (χ0n) is 18.5. The van der Waals surface area contributed by atoms with Gasteiger partial charge in [0.15, 0.2) is 0 Å². The van der Waals surface area contributed by atoms with Gasteiger partial charge in [-0.15, -0.1) is 0 Å². The molecule has 11 heteroatoms. The zero-order chi connectivity index (χ0) is 24.8. The normalized spacial score (nSPS) is 15.3. The van der Waals surface area contributed by atoms with Crippen molar-refractivity contribution < 1.29 is 14.4 Å². The topological polar surface area (TPSA) is 116 Å². The minimum Gasteiger partial charge on any atom is -0.355 e. The molecule has 9 nitrogen and oxygen atoms in total. The highest BCUT2D eigenvalue weighted by Gasteiger charge is 2.21. The number of anilines is 3. The first-order chi connectivity index (χ1) is 16.9. The van der Waals surface area contributed by atoms with Crippen LogP contribution in [0.3, 0.4) is 0 Å². The average molecular weight is 513 g/mol. The lowest BCUT2D eigenvalue weighted by molar-refractivity contribution is -0.110. The summed E-state index contributed by atoms with van der Waals surface area (Å²) in [6, 6.07) is 11.3. The molecule has 3 amide bonds. The van der Waals surface area contributed by atoms with Gasteiger partial charge in [0.05, 0.1) is 21.8 Å². The van der Waals surface area contributed by atoms with Crippen molar-refractivity contribution in [3.05, 3.63) is 76.0 Å². The predicted octanol–water partition coefficient (Wildman–Crippen LogP) is 4.00. The minimum absolute atomic E-state index is 0.0727. The molecule has 1 atom stereocenters. The van der Waals surface area contributed by atoms with E-state index in [9.17, 15) is 14.4 Å². The number of benzene rings is 1. The highest BCUT2D eigenvalue weighted by Crippen LogP contribution is 2.24. The maximum absolute atomic E-state index is 12.9. The first-order valence-electron chi connectivity index (χ1n) is 10.9. The Kier molecular flexibility index (Phi) is 7.79. The first kappa shape index (κ1) is 24.4. The molecule has 1 unspecified atom stereocenters. The Balaban J connectivity index is 1.46. The van der Waals surface area contributed by atoms with Gasteiger partial charge in [0.25, 0.3) is 11.8 Å². The molecule has 3 aromatic rings. The van der Waals surface area contributed by atoms with E-state index in [0.717, 1.165) is 25.2 Å². The van der Waals surface area contributed by atoms with Crippen molar-refractivity contribution in [3.8, 4) is 0 Å². The number of aromatic nitrogens is 2. The molecule has 4 rings (SSSR count). The molecule has 3 heterocycles. The zero-order valence-corrected chi connectivity index (χ0v) is 20.0. The van der Waals surface area contributed by atoms with Crippen LogP contribution < -0.4 is 20.9 Å². The standard InChI is InChI=1S/C24H22Cl2N6O3/c25-16-4-6-20(19(10-16)24(35)31-21-7-5-17(26)12-27-21)30-23(34)15-3-8-22(28-11-15)32-9-1-2-18(13-32)29-14-33/h3-8,10-12,14,18H,1-2,9,13H2,(H,29,33)(H,30,34)(H,27,31,35). The number of carbonyl (C=O) groups is 3. The lowest BCUT2D eigenvalue weighted by Crippen LogP contribution is -2.45. The number of halogens is 2. The van der Waals surface area contributed by atoms with Crippen molar-refractivity contribution in [1.82, 2.24) is 15.3 Å². The summed E-state index contributed by atoms with van der Waals surface area (Å²) in [5.41, 5.74) is 0.789. The van der Waals surface area contributed by atoms with Crippen molar-refractivity contribution in [2.75, 3.05) is 28.6 Å². The molecule has 1 aromatic carbocycles. The van der Waals surface area contributed by atoms with E-state index in [1.165, 1.54) is 18.5 Å². The van der Waals surface area contributed by atoms with Gasteiger partial charge in [-0.1, -0.05) is 23.2 Å². The van der Waals surface area contributed by atoms with Gasteiger partial charge in [-0.2, -0.15) is 0 Å². The maximum Gasteiger partial charge on any atom is 0.258 e. The number of amides is 3. The molecule has 0 radical (unpaired) electrons. The predicted molar refractivity (Wildman–Crippen MR) is 135 cm³/mol. The smallest absolute Gasteiger partial charge is 0.258 e. The lowest BCUT2D eigenvalue weighted by atomic mass is 10.1. The van der Waals surface area contributed by atoms with Crippen molar-refractivity contribution >= 4 is 58.7 Å². The summed E-state index contributed by atoms with van der Waals surface area (Å²) < 4.78 is 0. The Morgan fingerprint density at radius 1 is 0.971 bits per heavy atom. The van der Waals surface area contributed by atoms with E-state index in [-0.39, 0.29) is 17.3 Å². The van der Waals surface area contributed by atoms with Gasteiger partial charge in [-0.25, -0.2) is 9.97 Å². The SMILES string of the molecule is O=CNC1CCCN(c2ccc(C(=O)Nc3ccc(Cl)cc3C(=O)Nc3ccc(Cl)cn3)cn2)C1. The molecular formula is C24H22Cl2N6O3. The van der Waals surface area contributed by atoms with Gasteiger partial charge in [0, 0.05) is 36.5 Å². The quantitative estimate of drug-likeness (QED) is 0.412. The maximum atomic E-state index is 12.9.